The Morgan fingerprint density at radius 2 is 0.889 bits per heavy atom. The Hall–Kier alpha value is -4.74. The van der Waals surface area contributed by atoms with Crippen molar-refractivity contribution in [3.63, 3.8) is 0 Å². The lowest BCUT2D eigenvalue weighted by atomic mass is 10.3. The summed E-state index contributed by atoms with van der Waals surface area (Å²) in [7, 11) is 0. The topological polar surface area (TPSA) is 92.6 Å². The van der Waals surface area contributed by atoms with Gasteiger partial charge in [0.15, 0.2) is 0 Å². The molecule has 0 unspecified atom stereocenters. The van der Waals surface area contributed by atoms with Crippen molar-refractivity contribution in [2.24, 2.45) is 0 Å². The summed E-state index contributed by atoms with van der Waals surface area (Å²) in [5.41, 5.74) is 4.18. The first-order chi connectivity index (χ1) is 17.7. The molecule has 36 heavy (non-hydrogen) atoms. The molecule has 0 amide bonds. The van der Waals surface area contributed by atoms with Crippen molar-refractivity contribution in [3.8, 4) is 0 Å². The van der Waals surface area contributed by atoms with Gasteiger partial charge in [-0.2, -0.15) is 28.5 Å². The van der Waals surface area contributed by atoms with E-state index in [9.17, 15) is 0 Å². The van der Waals surface area contributed by atoms with Crippen LogP contribution in [-0.2, 0) is 39.5 Å². The molecule has 6 aromatic rings. The molecule has 0 saturated carbocycles. The van der Waals surface area contributed by atoms with Crippen LogP contribution in [-0.4, -0.2) is 38.7 Å². The second-order valence-electron chi connectivity index (χ2n) is 9.45. The number of H-pyrrole nitrogens is 2. The highest BCUT2D eigenvalue weighted by atomic mass is 15.3. The third kappa shape index (κ3) is 4.35. The lowest BCUT2D eigenvalue weighted by Crippen LogP contribution is -2.49. The summed E-state index contributed by atoms with van der Waals surface area (Å²) in [6, 6.07) is 4.27. The van der Waals surface area contributed by atoms with Gasteiger partial charge in [0.2, 0.25) is 38.6 Å². The van der Waals surface area contributed by atoms with Crippen molar-refractivity contribution < 1.29 is 18.3 Å². The molecule has 0 aromatic carbocycles. The van der Waals surface area contributed by atoms with Gasteiger partial charge in [-0.05, 0) is 12.1 Å². The Morgan fingerprint density at radius 3 is 1.28 bits per heavy atom. The van der Waals surface area contributed by atoms with Crippen LogP contribution in [0.5, 0.6) is 0 Å². The van der Waals surface area contributed by atoms with Crippen molar-refractivity contribution >= 4 is 0 Å². The highest BCUT2D eigenvalue weighted by Crippen LogP contribution is 2.06. The van der Waals surface area contributed by atoms with Crippen LogP contribution in [0, 0.1) is 0 Å². The van der Waals surface area contributed by atoms with Crippen LogP contribution < -0.4 is 18.3 Å². The fraction of sp³-hybridized carbons (Fsp3) is 0.250. The number of fused-ring (bicyclic) bond motifs is 12. The molecule has 7 heterocycles. The molecule has 0 spiro atoms. The minimum Gasteiger partial charge on any atom is -0.278 e. The van der Waals surface area contributed by atoms with Crippen molar-refractivity contribution in [1.29, 1.82) is 0 Å². The largest absolute Gasteiger partial charge is 0.278 e. The summed E-state index contributed by atoms with van der Waals surface area (Å²) >= 11 is 0. The van der Waals surface area contributed by atoms with Crippen molar-refractivity contribution in [2.45, 2.75) is 39.5 Å². The molecular formula is C24H28N12+4. The molecule has 0 radical (unpaired) electrons. The van der Waals surface area contributed by atoms with Gasteiger partial charge < -0.3 is 0 Å². The Morgan fingerprint density at radius 1 is 0.528 bits per heavy atom. The normalized spacial score (nSPS) is 14.0. The van der Waals surface area contributed by atoms with Crippen molar-refractivity contribution in [2.75, 3.05) is 0 Å². The van der Waals surface area contributed by atoms with E-state index >= 15 is 0 Å². The van der Waals surface area contributed by atoms with Gasteiger partial charge >= 0.3 is 0 Å². The number of aromatic amines is 2. The molecule has 12 nitrogen and oxygen atoms in total. The van der Waals surface area contributed by atoms with E-state index in [4.69, 9.17) is 0 Å². The molecule has 0 atom stereocenters. The van der Waals surface area contributed by atoms with Crippen LogP contribution in [0.15, 0.2) is 87.0 Å². The molecule has 1 aliphatic rings. The van der Waals surface area contributed by atoms with E-state index in [1.165, 1.54) is 0 Å². The van der Waals surface area contributed by atoms with Crippen molar-refractivity contribution in [3.05, 3.63) is 110 Å². The van der Waals surface area contributed by atoms with Crippen LogP contribution in [0.1, 0.15) is 22.8 Å². The summed E-state index contributed by atoms with van der Waals surface area (Å²) in [6.45, 7) is 4.40. The van der Waals surface area contributed by atoms with Gasteiger partial charge in [-0.15, -0.1) is 0 Å². The lowest BCUT2D eigenvalue weighted by molar-refractivity contribution is -0.912. The number of hydrogen-bond acceptors (Lipinski definition) is 2. The quantitative estimate of drug-likeness (QED) is 0.271. The van der Waals surface area contributed by atoms with E-state index in [1.807, 2.05) is 0 Å². The average Bonchev–Trinajstić information content (AvgIpc) is 3.68. The molecule has 180 valence electrons. The number of hydrogen-bond donors (Lipinski definition) is 2. The molecule has 0 saturated heterocycles. The monoisotopic (exact) mass is 484 g/mol. The molecule has 7 rings (SSSR count). The number of nitrogens with one attached hydrogen (secondary N) is 2. The minimum atomic E-state index is 0.718. The van der Waals surface area contributed by atoms with E-state index in [1.54, 1.807) is 0 Å². The standard InChI is InChI=1S/C24H28N12/c1-5-33-15-29(1)11-21-9-22(26-25-21)12-31-3-7-35(17-31)20-36-8-4-32(18-36)14-24-10-23(27-28-24)13-30-2-6-34(16-30)19-33/h1-10,15-18H,11-14,19-20H2,(H,25,26)(H,27,28)/q+4. The van der Waals surface area contributed by atoms with Crippen LogP contribution in [0.2, 0.25) is 0 Å². The van der Waals surface area contributed by atoms with E-state index in [0.717, 1.165) is 62.3 Å². The first kappa shape index (κ1) is 20.6. The predicted octanol–water partition coefficient (Wildman–Crippen LogP) is -0.993. The maximum Gasteiger partial charge on any atom is 0.247 e. The van der Waals surface area contributed by atoms with Gasteiger partial charge in [0.25, 0.3) is 0 Å². The maximum absolute atomic E-state index is 4.52. The van der Waals surface area contributed by atoms with Crippen LogP contribution in [0.4, 0.5) is 0 Å². The van der Waals surface area contributed by atoms with Gasteiger partial charge in [-0.1, -0.05) is 0 Å². The van der Waals surface area contributed by atoms with Crippen LogP contribution >= 0.6 is 0 Å². The second kappa shape index (κ2) is 8.48. The maximum atomic E-state index is 4.52. The first-order valence-electron chi connectivity index (χ1n) is 12.0. The fourth-order valence-corrected chi connectivity index (χ4v) is 4.75. The molecule has 0 aliphatic carbocycles. The third-order valence-corrected chi connectivity index (χ3v) is 6.40. The Bertz CT molecular complexity index is 1210. The highest BCUT2D eigenvalue weighted by Gasteiger charge is 2.15. The molecule has 0 fully saturated rings. The summed E-state index contributed by atoms with van der Waals surface area (Å²) in [5.74, 6) is 0. The van der Waals surface area contributed by atoms with Gasteiger partial charge in [0, 0.05) is 0 Å². The number of imidazole rings is 4. The second-order valence-corrected chi connectivity index (χ2v) is 9.45. The molecule has 6 aromatic heterocycles. The van der Waals surface area contributed by atoms with Gasteiger partial charge in [-0.25, -0.2) is 18.3 Å². The SMILES string of the molecule is c1c2n[nH]c1Cn1cc[n+](c1)C[n+]1ccn(c1)Cc1cc(n[nH]1)Cn1cc[n+](c1)C[n+]1ccn(c1)C2. The number of nitrogens with zero attached hydrogens (tertiary/aromatic N) is 10. The van der Waals surface area contributed by atoms with E-state index in [0.29, 0.717) is 0 Å². The molecule has 1 aliphatic heterocycles. The number of aromatic nitrogens is 12. The van der Waals surface area contributed by atoms with E-state index in [2.05, 4.69) is 144 Å². The zero-order chi connectivity index (χ0) is 23.9. The minimum absolute atomic E-state index is 0.718. The van der Waals surface area contributed by atoms with E-state index < -0.39 is 0 Å². The Kier molecular flexibility index (Phi) is 4.86. The lowest BCUT2D eigenvalue weighted by Gasteiger charge is -1.94. The first-order valence-corrected chi connectivity index (χ1v) is 12.0. The molecule has 12 bridgehead atoms. The summed E-state index contributed by atoms with van der Waals surface area (Å²) in [5, 5.41) is 15.4. The molecule has 2 N–H and O–H groups in total. The summed E-state index contributed by atoms with van der Waals surface area (Å²) < 4.78 is 17.3. The highest BCUT2D eigenvalue weighted by molar-refractivity contribution is 5.10. The molecular weight excluding hydrogens is 456 g/mol. The van der Waals surface area contributed by atoms with Gasteiger partial charge in [0.1, 0.15) is 87.1 Å². The zero-order valence-electron chi connectivity index (χ0n) is 19.8. The van der Waals surface area contributed by atoms with Crippen LogP contribution in [0.25, 0.3) is 0 Å². The van der Waals surface area contributed by atoms with Gasteiger partial charge in [0.05, 0.1) is 11.4 Å². The van der Waals surface area contributed by atoms with Gasteiger partial charge in [-0.3, -0.25) is 10.2 Å². The third-order valence-electron chi connectivity index (χ3n) is 6.40. The predicted molar refractivity (Wildman–Crippen MR) is 123 cm³/mol. The van der Waals surface area contributed by atoms with Crippen molar-refractivity contribution in [1.82, 2.24) is 38.7 Å². The average molecular weight is 485 g/mol. The fourth-order valence-electron chi connectivity index (χ4n) is 4.75. The Labute approximate surface area is 206 Å². The molecule has 12 heteroatoms. The van der Waals surface area contributed by atoms with E-state index in [-0.39, 0.29) is 0 Å². The number of rotatable bonds is 0. The summed E-state index contributed by atoms with van der Waals surface area (Å²) in [6.07, 6.45) is 25.1. The summed E-state index contributed by atoms with van der Waals surface area (Å²) in [4.78, 5) is 0. The Balaban J connectivity index is 1.18. The smallest absolute Gasteiger partial charge is 0.247 e. The van der Waals surface area contributed by atoms with Crippen LogP contribution in [0.3, 0.4) is 0 Å². The zero-order valence-corrected chi connectivity index (χ0v) is 19.8.